The number of nitrogens with one attached hydrogen (secondary N) is 1. The van der Waals surface area contributed by atoms with Gasteiger partial charge in [0.25, 0.3) is 0 Å². The third-order valence-electron chi connectivity index (χ3n) is 2.35. The molecule has 0 bridgehead atoms. The first-order valence-corrected chi connectivity index (χ1v) is 4.69. The van der Waals surface area contributed by atoms with Crippen LogP contribution in [-0.4, -0.2) is 62.0 Å². The average molecular weight is 184 g/mol. The molecule has 1 amide bonds. The minimum Gasteiger partial charge on any atom is -0.355 e. The summed E-state index contributed by atoms with van der Waals surface area (Å²) in [5.74, 6) is -0.186. The summed E-state index contributed by atoms with van der Waals surface area (Å²) in [4.78, 5) is 15.2. The minimum atomic E-state index is -0.186. The lowest BCUT2D eigenvalue weighted by Crippen LogP contribution is -2.46. The van der Waals surface area contributed by atoms with E-state index < -0.39 is 0 Å². The van der Waals surface area contributed by atoms with Gasteiger partial charge in [-0.15, -0.1) is 0 Å². The highest BCUT2D eigenvalue weighted by molar-refractivity contribution is 5.79. The number of rotatable bonds is 3. The van der Waals surface area contributed by atoms with E-state index >= 15 is 0 Å². The van der Waals surface area contributed by atoms with E-state index in [0.29, 0.717) is 6.54 Å². The van der Waals surface area contributed by atoms with Gasteiger partial charge in [-0.2, -0.15) is 0 Å². The van der Waals surface area contributed by atoms with E-state index in [9.17, 15) is 4.79 Å². The van der Waals surface area contributed by atoms with Crippen LogP contribution in [0.5, 0.6) is 0 Å². The Morgan fingerprint density at radius 2 is 2.00 bits per heavy atom. The second-order valence-corrected chi connectivity index (χ2v) is 3.49. The van der Waals surface area contributed by atoms with Gasteiger partial charge in [-0.25, -0.2) is 0 Å². The molecule has 0 aliphatic carbocycles. The van der Waals surface area contributed by atoms with Crippen LogP contribution in [0, 0.1) is 6.92 Å². The Bertz CT molecular complexity index is 164. The van der Waals surface area contributed by atoms with Gasteiger partial charge in [0.05, 0.1) is 0 Å². The number of carbonyl (C=O) groups excluding carboxylic acids is 1. The predicted octanol–water partition coefficient (Wildman–Crippen LogP) is -0.816. The molecule has 1 N–H and O–H groups in total. The maximum atomic E-state index is 10.5. The zero-order valence-electron chi connectivity index (χ0n) is 8.25. The van der Waals surface area contributed by atoms with Crippen LogP contribution in [0.1, 0.15) is 0 Å². The molecule has 0 saturated carbocycles. The van der Waals surface area contributed by atoms with Crippen LogP contribution >= 0.6 is 0 Å². The van der Waals surface area contributed by atoms with Crippen LogP contribution in [0.15, 0.2) is 0 Å². The van der Waals surface area contributed by atoms with Gasteiger partial charge in [-0.1, -0.05) is 0 Å². The summed E-state index contributed by atoms with van der Waals surface area (Å²) in [6.07, 6.45) is 0. The molecule has 13 heavy (non-hydrogen) atoms. The third-order valence-corrected chi connectivity index (χ3v) is 2.35. The molecule has 4 nitrogen and oxygen atoms in total. The number of likely N-dealkylation sites (N-methyl/N-ethyl adjacent to an activating group) is 1. The molecular weight excluding hydrogens is 166 g/mol. The second-order valence-electron chi connectivity index (χ2n) is 3.49. The molecule has 0 aromatic rings. The summed E-state index contributed by atoms with van der Waals surface area (Å²) in [5.41, 5.74) is 0. The Labute approximate surface area is 79.9 Å². The number of amides is 1. The van der Waals surface area contributed by atoms with Crippen molar-refractivity contribution in [2.45, 2.75) is 0 Å². The smallest absolute Gasteiger partial charge is 0.220 e. The molecule has 1 rings (SSSR count). The molecule has 75 valence electrons. The van der Waals surface area contributed by atoms with Crippen molar-refractivity contribution in [3.63, 3.8) is 0 Å². The molecule has 0 aromatic heterocycles. The fourth-order valence-electron chi connectivity index (χ4n) is 1.42. The Balaban J connectivity index is 2.05. The SMILES string of the molecule is [CH2]C(=O)NCCN1CCN(C)CC1. The van der Waals surface area contributed by atoms with Gasteiger partial charge in [0.1, 0.15) is 0 Å². The van der Waals surface area contributed by atoms with Gasteiger partial charge in [0.15, 0.2) is 0 Å². The standard InChI is InChI=1S/C9H18N3O/c1-9(13)10-3-4-12-7-5-11(2)6-8-12/h1,3-8H2,2H3,(H,10,13). The Morgan fingerprint density at radius 3 is 2.54 bits per heavy atom. The largest absolute Gasteiger partial charge is 0.355 e. The van der Waals surface area contributed by atoms with E-state index in [1.807, 2.05) is 0 Å². The van der Waals surface area contributed by atoms with Crippen molar-refractivity contribution in [3.05, 3.63) is 6.92 Å². The molecule has 1 heterocycles. The number of carbonyl (C=O) groups is 1. The summed E-state index contributed by atoms with van der Waals surface area (Å²) in [6.45, 7) is 9.36. The average Bonchev–Trinajstić information content (AvgIpc) is 2.08. The number of piperazine rings is 1. The number of hydrogen-bond acceptors (Lipinski definition) is 3. The quantitative estimate of drug-likeness (QED) is 0.623. The van der Waals surface area contributed by atoms with Crippen molar-refractivity contribution < 1.29 is 4.79 Å². The molecule has 4 heteroatoms. The fraction of sp³-hybridized carbons (Fsp3) is 0.778. The van der Waals surface area contributed by atoms with E-state index in [0.717, 1.165) is 32.7 Å². The molecule has 1 saturated heterocycles. The molecule has 1 aliphatic heterocycles. The van der Waals surface area contributed by atoms with E-state index in [4.69, 9.17) is 0 Å². The highest BCUT2D eigenvalue weighted by Crippen LogP contribution is 1.97. The Hall–Kier alpha value is -0.610. The second kappa shape index (κ2) is 5.19. The Morgan fingerprint density at radius 1 is 1.38 bits per heavy atom. The van der Waals surface area contributed by atoms with Crippen molar-refractivity contribution in [3.8, 4) is 0 Å². The monoisotopic (exact) mass is 184 g/mol. The molecule has 1 radical (unpaired) electrons. The van der Waals surface area contributed by atoms with Gasteiger partial charge in [-0.3, -0.25) is 9.69 Å². The van der Waals surface area contributed by atoms with Crippen LogP contribution in [0.3, 0.4) is 0 Å². The lowest BCUT2D eigenvalue weighted by Gasteiger charge is -2.32. The molecule has 1 fully saturated rings. The normalized spacial score (nSPS) is 20.2. The van der Waals surface area contributed by atoms with Crippen LogP contribution < -0.4 is 5.32 Å². The van der Waals surface area contributed by atoms with Gasteiger partial charge in [0, 0.05) is 46.2 Å². The van der Waals surface area contributed by atoms with Gasteiger partial charge >= 0.3 is 0 Å². The van der Waals surface area contributed by atoms with Gasteiger partial charge in [-0.05, 0) is 7.05 Å². The van der Waals surface area contributed by atoms with E-state index in [-0.39, 0.29) is 5.91 Å². The minimum absolute atomic E-state index is 0.186. The van der Waals surface area contributed by atoms with Crippen molar-refractivity contribution in [2.75, 3.05) is 46.3 Å². The van der Waals surface area contributed by atoms with E-state index in [1.165, 1.54) is 0 Å². The summed E-state index contributed by atoms with van der Waals surface area (Å²) < 4.78 is 0. The van der Waals surface area contributed by atoms with Crippen molar-refractivity contribution in [1.82, 2.24) is 15.1 Å². The number of nitrogens with zero attached hydrogens (tertiary/aromatic N) is 2. The Kier molecular flexibility index (Phi) is 4.18. The lowest BCUT2D eigenvalue weighted by atomic mass is 10.3. The van der Waals surface area contributed by atoms with Gasteiger partial charge < -0.3 is 10.2 Å². The summed E-state index contributed by atoms with van der Waals surface area (Å²) in [7, 11) is 2.13. The third kappa shape index (κ3) is 4.24. The molecule has 0 atom stereocenters. The molecule has 0 aromatic carbocycles. The first kappa shape index (κ1) is 10.5. The zero-order valence-corrected chi connectivity index (χ0v) is 8.25. The van der Waals surface area contributed by atoms with Crippen molar-refractivity contribution >= 4 is 5.91 Å². The lowest BCUT2D eigenvalue weighted by molar-refractivity contribution is -0.116. The molecule has 1 aliphatic rings. The zero-order chi connectivity index (χ0) is 9.68. The summed E-state index contributed by atoms with van der Waals surface area (Å²) >= 11 is 0. The highest BCUT2D eigenvalue weighted by Gasteiger charge is 2.12. The summed E-state index contributed by atoms with van der Waals surface area (Å²) in [5, 5.41) is 2.70. The first-order chi connectivity index (χ1) is 6.18. The predicted molar refractivity (Wildman–Crippen MR) is 52.3 cm³/mol. The fourth-order valence-corrected chi connectivity index (χ4v) is 1.42. The number of hydrogen-bond donors (Lipinski definition) is 1. The first-order valence-electron chi connectivity index (χ1n) is 4.69. The molecule has 0 spiro atoms. The molecular formula is C9H18N3O. The maximum Gasteiger partial charge on any atom is 0.220 e. The van der Waals surface area contributed by atoms with Crippen molar-refractivity contribution in [1.29, 1.82) is 0 Å². The van der Waals surface area contributed by atoms with Crippen LogP contribution in [0.4, 0.5) is 0 Å². The van der Waals surface area contributed by atoms with E-state index in [1.54, 1.807) is 0 Å². The van der Waals surface area contributed by atoms with E-state index in [2.05, 4.69) is 29.1 Å². The topological polar surface area (TPSA) is 35.6 Å². The van der Waals surface area contributed by atoms with Crippen LogP contribution in [-0.2, 0) is 4.79 Å². The maximum absolute atomic E-state index is 10.5. The summed E-state index contributed by atoms with van der Waals surface area (Å²) in [6, 6.07) is 0. The van der Waals surface area contributed by atoms with Gasteiger partial charge in [0.2, 0.25) is 5.91 Å². The highest BCUT2D eigenvalue weighted by atomic mass is 16.1. The van der Waals surface area contributed by atoms with Crippen LogP contribution in [0.2, 0.25) is 0 Å². The van der Waals surface area contributed by atoms with Crippen molar-refractivity contribution in [2.24, 2.45) is 0 Å². The molecule has 0 unspecified atom stereocenters. The van der Waals surface area contributed by atoms with Crippen LogP contribution in [0.25, 0.3) is 0 Å².